The van der Waals surface area contributed by atoms with Gasteiger partial charge in [-0.1, -0.05) is 24.3 Å². The SMILES string of the molecule is OC(c1ccc2c(cnn2-c2ccccc2)c1)C(F)(F)F. The van der Waals surface area contributed by atoms with Gasteiger partial charge in [-0.2, -0.15) is 18.3 Å². The molecule has 0 aliphatic carbocycles. The summed E-state index contributed by atoms with van der Waals surface area (Å²) in [6, 6.07) is 13.4. The molecule has 1 N–H and O–H groups in total. The average molecular weight is 292 g/mol. The first-order valence-electron chi connectivity index (χ1n) is 6.25. The summed E-state index contributed by atoms with van der Waals surface area (Å²) in [4.78, 5) is 0. The molecule has 2 aromatic carbocycles. The number of alkyl halides is 3. The normalized spacial score (nSPS) is 13.5. The van der Waals surface area contributed by atoms with E-state index >= 15 is 0 Å². The summed E-state index contributed by atoms with van der Waals surface area (Å²) in [6.45, 7) is 0. The molecule has 0 amide bonds. The van der Waals surface area contributed by atoms with Crippen molar-refractivity contribution in [1.29, 1.82) is 0 Å². The Bertz CT molecular complexity index is 765. The molecule has 1 aromatic heterocycles. The molecule has 0 saturated heterocycles. The standard InChI is InChI=1S/C15H11F3N2O/c16-15(17,18)14(21)10-6-7-13-11(8-10)9-19-20(13)12-4-2-1-3-5-12/h1-9,14,21H. The van der Waals surface area contributed by atoms with Crippen LogP contribution in [0.4, 0.5) is 13.2 Å². The zero-order chi connectivity index (χ0) is 15.0. The molecule has 1 heterocycles. The third kappa shape index (κ3) is 2.50. The first kappa shape index (κ1) is 13.6. The maximum absolute atomic E-state index is 12.5. The van der Waals surface area contributed by atoms with E-state index in [0.717, 1.165) is 5.69 Å². The molecule has 108 valence electrons. The number of fused-ring (bicyclic) bond motifs is 1. The van der Waals surface area contributed by atoms with Crippen molar-refractivity contribution < 1.29 is 18.3 Å². The van der Waals surface area contributed by atoms with Gasteiger partial charge in [0.05, 0.1) is 17.4 Å². The van der Waals surface area contributed by atoms with Crippen molar-refractivity contribution in [3.05, 3.63) is 60.3 Å². The lowest BCUT2D eigenvalue weighted by atomic mass is 10.1. The van der Waals surface area contributed by atoms with E-state index in [2.05, 4.69) is 5.10 Å². The van der Waals surface area contributed by atoms with Gasteiger partial charge in [0.2, 0.25) is 0 Å². The maximum atomic E-state index is 12.5. The molecule has 0 aliphatic heterocycles. The fraction of sp³-hybridized carbons (Fsp3) is 0.133. The lowest BCUT2D eigenvalue weighted by Gasteiger charge is -2.14. The summed E-state index contributed by atoms with van der Waals surface area (Å²) in [5, 5.41) is 14.0. The molecule has 1 unspecified atom stereocenters. The van der Waals surface area contributed by atoms with Gasteiger partial charge in [0.1, 0.15) is 0 Å². The van der Waals surface area contributed by atoms with Crippen LogP contribution in [0.1, 0.15) is 11.7 Å². The van der Waals surface area contributed by atoms with Crippen molar-refractivity contribution in [2.45, 2.75) is 12.3 Å². The largest absolute Gasteiger partial charge is 0.418 e. The molecule has 0 saturated carbocycles. The van der Waals surface area contributed by atoms with Crippen LogP contribution in [0.15, 0.2) is 54.7 Å². The third-order valence-electron chi connectivity index (χ3n) is 3.22. The van der Waals surface area contributed by atoms with Gasteiger partial charge in [0.15, 0.2) is 6.10 Å². The van der Waals surface area contributed by atoms with E-state index in [0.29, 0.717) is 10.9 Å². The monoisotopic (exact) mass is 292 g/mol. The van der Waals surface area contributed by atoms with E-state index < -0.39 is 12.3 Å². The first-order chi connectivity index (χ1) is 9.97. The van der Waals surface area contributed by atoms with Gasteiger partial charge >= 0.3 is 6.18 Å². The Labute approximate surface area is 118 Å². The van der Waals surface area contributed by atoms with Crippen molar-refractivity contribution in [2.24, 2.45) is 0 Å². The van der Waals surface area contributed by atoms with Gasteiger partial charge in [-0.25, -0.2) is 4.68 Å². The Hall–Kier alpha value is -2.34. The van der Waals surface area contributed by atoms with Crippen LogP contribution in [0.25, 0.3) is 16.6 Å². The Morgan fingerprint density at radius 2 is 1.76 bits per heavy atom. The number of hydrogen-bond acceptors (Lipinski definition) is 2. The molecule has 3 rings (SSSR count). The fourth-order valence-corrected chi connectivity index (χ4v) is 2.19. The van der Waals surface area contributed by atoms with Gasteiger partial charge < -0.3 is 5.11 Å². The van der Waals surface area contributed by atoms with Crippen LogP contribution in [-0.2, 0) is 0 Å². The maximum Gasteiger partial charge on any atom is 0.418 e. The number of hydrogen-bond donors (Lipinski definition) is 1. The van der Waals surface area contributed by atoms with E-state index in [9.17, 15) is 18.3 Å². The highest BCUT2D eigenvalue weighted by molar-refractivity contribution is 5.81. The third-order valence-corrected chi connectivity index (χ3v) is 3.22. The first-order valence-corrected chi connectivity index (χ1v) is 6.25. The average Bonchev–Trinajstić information content (AvgIpc) is 2.89. The quantitative estimate of drug-likeness (QED) is 0.783. The molecule has 21 heavy (non-hydrogen) atoms. The summed E-state index contributed by atoms with van der Waals surface area (Å²) in [5.74, 6) is 0. The molecule has 0 aliphatic rings. The van der Waals surface area contributed by atoms with Crippen molar-refractivity contribution >= 4 is 10.9 Å². The molecular weight excluding hydrogens is 281 g/mol. The van der Waals surface area contributed by atoms with Gasteiger partial charge in [-0.05, 0) is 29.8 Å². The van der Waals surface area contributed by atoms with E-state index in [1.807, 2.05) is 30.3 Å². The van der Waals surface area contributed by atoms with Crippen molar-refractivity contribution in [2.75, 3.05) is 0 Å². The predicted molar refractivity (Wildman–Crippen MR) is 72.1 cm³/mol. The Kier molecular flexibility index (Phi) is 3.17. The molecule has 0 bridgehead atoms. The lowest BCUT2D eigenvalue weighted by Crippen LogP contribution is -2.20. The second-order valence-corrected chi connectivity index (χ2v) is 4.65. The van der Waals surface area contributed by atoms with E-state index in [-0.39, 0.29) is 5.56 Å². The second-order valence-electron chi connectivity index (χ2n) is 4.65. The van der Waals surface area contributed by atoms with Gasteiger partial charge in [0, 0.05) is 5.39 Å². The smallest absolute Gasteiger partial charge is 0.379 e. The van der Waals surface area contributed by atoms with Crippen molar-refractivity contribution in [1.82, 2.24) is 9.78 Å². The van der Waals surface area contributed by atoms with Crippen LogP contribution in [0, 0.1) is 0 Å². The number of benzene rings is 2. The van der Waals surface area contributed by atoms with Crippen LogP contribution >= 0.6 is 0 Å². The van der Waals surface area contributed by atoms with Crippen LogP contribution in [0.2, 0.25) is 0 Å². The van der Waals surface area contributed by atoms with Crippen LogP contribution in [0.3, 0.4) is 0 Å². The molecule has 0 fully saturated rings. The Morgan fingerprint density at radius 1 is 1.05 bits per heavy atom. The van der Waals surface area contributed by atoms with E-state index in [4.69, 9.17) is 0 Å². The Balaban J connectivity index is 2.06. The van der Waals surface area contributed by atoms with E-state index in [1.54, 1.807) is 4.68 Å². The minimum atomic E-state index is -4.68. The topological polar surface area (TPSA) is 38.1 Å². The zero-order valence-corrected chi connectivity index (χ0v) is 10.7. The zero-order valence-electron chi connectivity index (χ0n) is 10.7. The summed E-state index contributed by atoms with van der Waals surface area (Å²) in [6.07, 6.45) is -5.68. The highest BCUT2D eigenvalue weighted by atomic mass is 19.4. The number of nitrogens with zero attached hydrogens (tertiary/aromatic N) is 2. The number of halogens is 3. The van der Waals surface area contributed by atoms with Crippen molar-refractivity contribution in [3.8, 4) is 5.69 Å². The van der Waals surface area contributed by atoms with Crippen LogP contribution in [0.5, 0.6) is 0 Å². The predicted octanol–water partition coefficient (Wildman–Crippen LogP) is 3.62. The second kappa shape index (κ2) is 4.89. The number of rotatable bonds is 2. The van der Waals surface area contributed by atoms with E-state index in [1.165, 1.54) is 24.4 Å². The molecule has 6 heteroatoms. The summed E-state index contributed by atoms with van der Waals surface area (Å²) in [5.41, 5.74) is 1.30. The van der Waals surface area contributed by atoms with Crippen LogP contribution < -0.4 is 0 Å². The molecule has 1 atom stereocenters. The Morgan fingerprint density at radius 3 is 2.43 bits per heavy atom. The highest BCUT2D eigenvalue weighted by Gasteiger charge is 2.39. The molecule has 0 spiro atoms. The number of aliphatic hydroxyl groups is 1. The number of aliphatic hydroxyl groups excluding tert-OH is 1. The minimum Gasteiger partial charge on any atom is -0.379 e. The molecule has 3 aromatic rings. The fourth-order valence-electron chi connectivity index (χ4n) is 2.19. The van der Waals surface area contributed by atoms with Crippen LogP contribution in [-0.4, -0.2) is 21.1 Å². The summed E-state index contributed by atoms with van der Waals surface area (Å²) >= 11 is 0. The highest BCUT2D eigenvalue weighted by Crippen LogP contribution is 2.33. The molecule has 3 nitrogen and oxygen atoms in total. The lowest BCUT2D eigenvalue weighted by molar-refractivity contribution is -0.206. The summed E-state index contributed by atoms with van der Waals surface area (Å²) < 4.78 is 39.2. The number of para-hydroxylation sites is 1. The minimum absolute atomic E-state index is 0.192. The number of aromatic nitrogens is 2. The van der Waals surface area contributed by atoms with Gasteiger partial charge in [-0.3, -0.25) is 0 Å². The molecule has 0 radical (unpaired) electrons. The van der Waals surface area contributed by atoms with Gasteiger partial charge in [0.25, 0.3) is 0 Å². The van der Waals surface area contributed by atoms with Gasteiger partial charge in [-0.15, -0.1) is 0 Å². The van der Waals surface area contributed by atoms with Crippen molar-refractivity contribution in [3.63, 3.8) is 0 Å². The molecular formula is C15H11F3N2O. The summed E-state index contributed by atoms with van der Waals surface area (Å²) in [7, 11) is 0.